The van der Waals surface area contributed by atoms with Crippen LogP contribution >= 0.6 is 0 Å². The minimum atomic E-state index is 0.170. The Labute approximate surface area is 169 Å². The normalized spacial score (nSPS) is 14.2. The Balaban J connectivity index is 1.52. The highest BCUT2D eigenvalue weighted by molar-refractivity contribution is 5.86. The summed E-state index contributed by atoms with van der Waals surface area (Å²) in [7, 11) is 0. The van der Waals surface area contributed by atoms with Gasteiger partial charge in [0.2, 0.25) is 11.9 Å². The molecule has 0 spiro atoms. The van der Waals surface area contributed by atoms with E-state index >= 15 is 0 Å². The second-order valence-electron chi connectivity index (χ2n) is 7.43. The zero-order valence-corrected chi connectivity index (χ0v) is 16.8. The molecular weight excluding hydrogens is 368 g/mol. The minimum Gasteiger partial charge on any atom is -0.368 e. The molecular formula is C20H26N8O. The van der Waals surface area contributed by atoms with E-state index in [1.165, 1.54) is 0 Å². The summed E-state index contributed by atoms with van der Waals surface area (Å²) in [5.41, 5.74) is 2.37. The molecule has 3 aromatic rings. The van der Waals surface area contributed by atoms with E-state index in [0.29, 0.717) is 18.2 Å². The monoisotopic (exact) mass is 394 g/mol. The average Bonchev–Trinajstić information content (AvgIpc) is 3.29. The number of hydrogen-bond acceptors (Lipinski definition) is 7. The molecule has 0 aromatic carbocycles. The van der Waals surface area contributed by atoms with Gasteiger partial charge in [-0.3, -0.25) is 14.3 Å². The molecule has 9 heteroatoms. The van der Waals surface area contributed by atoms with E-state index in [2.05, 4.69) is 44.0 Å². The highest BCUT2D eigenvalue weighted by Crippen LogP contribution is 2.28. The van der Waals surface area contributed by atoms with E-state index in [4.69, 9.17) is 4.98 Å². The SMILES string of the molecule is CC(C)n1c(Nc2cccnc2)nc2c(NCCCN3CCCC3=O)ncnc21. The van der Waals surface area contributed by atoms with Crippen LogP contribution in [0.4, 0.5) is 17.5 Å². The third-order valence-electron chi connectivity index (χ3n) is 4.98. The summed E-state index contributed by atoms with van der Waals surface area (Å²) in [6.07, 6.45) is 7.57. The van der Waals surface area contributed by atoms with Crippen molar-refractivity contribution in [3.63, 3.8) is 0 Å². The molecule has 3 aromatic heterocycles. The fraction of sp³-hybridized carbons (Fsp3) is 0.450. The second-order valence-corrected chi connectivity index (χ2v) is 7.43. The summed E-state index contributed by atoms with van der Waals surface area (Å²) in [6, 6.07) is 3.99. The van der Waals surface area contributed by atoms with E-state index in [9.17, 15) is 4.79 Å². The summed E-state index contributed by atoms with van der Waals surface area (Å²) in [4.78, 5) is 31.4. The number of carbonyl (C=O) groups excluding carboxylic acids is 1. The first-order valence-corrected chi connectivity index (χ1v) is 10.0. The Morgan fingerprint density at radius 3 is 2.90 bits per heavy atom. The largest absolute Gasteiger partial charge is 0.368 e. The molecule has 1 aliphatic rings. The third-order valence-corrected chi connectivity index (χ3v) is 4.98. The van der Waals surface area contributed by atoms with Crippen molar-refractivity contribution < 1.29 is 4.79 Å². The van der Waals surface area contributed by atoms with Crippen molar-refractivity contribution in [2.75, 3.05) is 30.3 Å². The fourth-order valence-electron chi connectivity index (χ4n) is 3.60. The maximum atomic E-state index is 11.7. The van der Waals surface area contributed by atoms with Crippen LogP contribution in [0.2, 0.25) is 0 Å². The number of nitrogens with one attached hydrogen (secondary N) is 2. The first-order chi connectivity index (χ1) is 14.1. The van der Waals surface area contributed by atoms with E-state index in [-0.39, 0.29) is 11.9 Å². The van der Waals surface area contributed by atoms with Gasteiger partial charge in [0.15, 0.2) is 17.0 Å². The van der Waals surface area contributed by atoms with E-state index in [1.807, 2.05) is 17.0 Å². The van der Waals surface area contributed by atoms with Crippen LogP contribution in [0.1, 0.15) is 39.2 Å². The van der Waals surface area contributed by atoms with Gasteiger partial charge < -0.3 is 15.5 Å². The number of carbonyl (C=O) groups is 1. The lowest BCUT2D eigenvalue weighted by Gasteiger charge is -2.15. The molecule has 9 nitrogen and oxygen atoms in total. The summed E-state index contributed by atoms with van der Waals surface area (Å²) < 4.78 is 2.05. The van der Waals surface area contributed by atoms with Crippen molar-refractivity contribution in [3.05, 3.63) is 30.9 Å². The van der Waals surface area contributed by atoms with E-state index in [0.717, 1.165) is 49.3 Å². The molecule has 152 valence electrons. The molecule has 0 radical (unpaired) electrons. The van der Waals surface area contributed by atoms with Gasteiger partial charge in [0.05, 0.1) is 11.9 Å². The summed E-state index contributed by atoms with van der Waals surface area (Å²) in [5.74, 6) is 1.67. The summed E-state index contributed by atoms with van der Waals surface area (Å²) in [6.45, 7) is 6.55. The Bertz CT molecular complexity index is 985. The fourth-order valence-corrected chi connectivity index (χ4v) is 3.60. The van der Waals surface area contributed by atoms with E-state index in [1.54, 1.807) is 18.7 Å². The molecule has 0 bridgehead atoms. The second kappa shape index (κ2) is 8.42. The van der Waals surface area contributed by atoms with Crippen molar-refractivity contribution in [2.45, 2.75) is 39.2 Å². The maximum absolute atomic E-state index is 11.7. The zero-order chi connectivity index (χ0) is 20.2. The number of anilines is 3. The van der Waals surface area contributed by atoms with Crippen LogP contribution in [0.25, 0.3) is 11.2 Å². The van der Waals surface area contributed by atoms with Crippen LogP contribution in [-0.4, -0.2) is 54.9 Å². The number of imidazole rings is 1. The maximum Gasteiger partial charge on any atom is 0.222 e. The first-order valence-electron chi connectivity index (χ1n) is 10.0. The molecule has 1 aliphatic heterocycles. The number of likely N-dealkylation sites (tertiary alicyclic amines) is 1. The lowest BCUT2D eigenvalue weighted by Crippen LogP contribution is -2.27. The third kappa shape index (κ3) is 4.13. The van der Waals surface area contributed by atoms with Crippen molar-refractivity contribution in [3.8, 4) is 0 Å². The molecule has 0 saturated carbocycles. The lowest BCUT2D eigenvalue weighted by atomic mass is 10.3. The highest BCUT2D eigenvalue weighted by Gasteiger charge is 2.20. The van der Waals surface area contributed by atoms with Crippen molar-refractivity contribution >= 4 is 34.5 Å². The van der Waals surface area contributed by atoms with Gasteiger partial charge in [-0.15, -0.1) is 0 Å². The highest BCUT2D eigenvalue weighted by atomic mass is 16.2. The molecule has 0 atom stereocenters. The van der Waals surface area contributed by atoms with Crippen LogP contribution in [0, 0.1) is 0 Å². The molecule has 29 heavy (non-hydrogen) atoms. The Morgan fingerprint density at radius 2 is 2.17 bits per heavy atom. The van der Waals surface area contributed by atoms with Gasteiger partial charge in [-0.1, -0.05) is 0 Å². The van der Waals surface area contributed by atoms with Crippen LogP contribution in [0.15, 0.2) is 30.9 Å². The molecule has 0 aliphatic carbocycles. The topological polar surface area (TPSA) is 101 Å². The van der Waals surface area contributed by atoms with Gasteiger partial charge in [-0.2, -0.15) is 0 Å². The van der Waals surface area contributed by atoms with Crippen LogP contribution < -0.4 is 10.6 Å². The molecule has 0 unspecified atom stereocenters. The smallest absolute Gasteiger partial charge is 0.222 e. The predicted octanol–water partition coefficient (Wildman–Crippen LogP) is 2.97. The van der Waals surface area contributed by atoms with Crippen molar-refractivity contribution in [2.24, 2.45) is 0 Å². The Kier molecular flexibility index (Phi) is 5.55. The Morgan fingerprint density at radius 1 is 1.28 bits per heavy atom. The number of amides is 1. The predicted molar refractivity (Wildman–Crippen MR) is 112 cm³/mol. The summed E-state index contributed by atoms with van der Waals surface area (Å²) in [5, 5.41) is 6.69. The number of hydrogen-bond donors (Lipinski definition) is 2. The van der Waals surface area contributed by atoms with Gasteiger partial charge in [-0.25, -0.2) is 15.0 Å². The minimum absolute atomic E-state index is 0.170. The van der Waals surface area contributed by atoms with Crippen LogP contribution in [0.5, 0.6) is 0 Å². The van der Waals surface area contributed by atoms with Gasteiger partial charge in [0.25, 0.3) is 0 Å². The lowest BCUT2D eigenvalue weighted by molar-refractivity contribution is -0.127. The number of aromatic nitrogens is 5. The van der Waals surface area contributed by atoms with Gasteiger partial charge in [0, 0.05) is 38.3 Å². The molecule has 2 N–H and O–H groups in total. The number of fused-ring (bicyclic) bond motifs is 1. The van der Waals surface area contributed by atoms with E-state index < -0.39 is 0 Å². The number of nitrogens with zero attached hydrogens (tertiary/aromatic N) is 6. The Hall–Kier alpha value is -3.23. The number of rotatable bonds is 8. The van der Waals surface area contributed by atoms with Gasteiger partial charge in [-0.05, 0) is 38.8 Å². The van der Waals surface area contributed by atoms with Crippen LogP contribution in [0.3, 0.4) is 0 Å². The molecule has 1 saturated heterocycles. The van der Waals surface area contributed by atoms with Crippen molar-refractivity contribution in [1.29, 1.82) is 0 Å². The average molecular weight is 394 g/mol. The summed E-state index contributed by atoms with van der Waals surface area (Å²) >= 11 is 0. The van der Waals surface area contributed by atoms with Crippen molar-refractivity contribution in [1.82, 2.24) is 29.4 Å². The van der Waals surface area contributed by atoms with Crippen LogP contribution in [-0.2, 0) is 4.79 Å². The molecule has 4 heterocycles. The molecule has 4 rings (SSSR count). The quantitative estimate of drug-likeness (QED) is 0.566. The zero-order valence-electron chi connectivity index (χ0n) is 16.8. The van der Waals surface area contributed by atoms with Gasteiger partial charge >= 0.3 is 0 Å². The standard InChI is InChI=1S/C20H26N8O/c1-14(2)28-19-17(26-20(28)25-15-6-3-8-21-12-15)18(23-13-24-19)22-9-5-11-27-10-4-7-16(27)29/h3,6,8,12-14H,4-5,7,9-11H2,1-2H3,(H,25,26)(H,22,23,24). The van der Waals surface area contributed by atoms with Gasteiger partial charge in [0.1, 0.15) is 6.33 Å². The first kappa shape index (κ1) is 19.1. The number of pyridine rings is 1. The molecule has 1 amide bonds. The molecule has 1 fully saturated rings.